The van der Waals surface area contributed by atoms with Crippen molar-refractivity contribution in [2.45, 2.75) is 26.2 Å². The molecule has 2 N–H and O–H groups in total. The maximum absolute atomic E-state index is 12.7. The van der Waals surface area contributed by atoms with Crippen LogP contribution >= 0.6 is 0 Å². The van der Waals surface area contributed by atoms with Crippen molar-refractivity contribution in [1.82, 2.24) is 20.0 Å². The van der Waals surface area contributed by atoms with Crippen molar-refractivity contribution in [2.24, 2.45) is 0 Å². The first-order chi connectivity index (χ1) is 14.2. The molecule has 7 nitrogen and oxygen atoms in total. The standard InChI is InChI=1S/C22H26N4O3/c1-3-4-13-23-22(28)20-25-19(17-10-7-8-15-26(17)20)21(27)24-14-12-16-9-5-6-11-18(16)29-2/h5-11,15H,3-4,12-14H2,1-2H3,(H,23,28)(H,24,27). The van der Waals surface area contributed by atoms with Gasteiger partial charge >= 0.3 is 0 Å². The van der Waals surface area contributed by atoms with Crippen molar-refractivity contribution in [3.63, 3.8) is 0 Å². The van der Waals surface area contributed by atoms with Gasteiger partial charge in [0.05, 0.1) is 12.6 Å². The number of amides is 2. The van der Waals surface area contributed by atoms with Crippen LogP contribution in [0.2, 0.25) is 0 Å². The molecule has 0 spiro atoms. The largest absolute Gasteiger partial charge is 0.496 e. The highest BCUT2D eigenvalue weighted by Gasteiger charge is 2.21. The van der Waals surface area contributed by atoms with E-state index >= 15 is 0 Å². The SMILES string of the molecule is CCCCNC(=O)c1nc(C(=O)NCCc2ccccc2OC)c2ccccn12. The van der Waals surface area contributed by atoms with Gasteiger partial charge in [0, 0.05) is 19.3 Å². The van der Waals surface area contributed by atoms with Crippen molar-refractivity contribution >= 4 is 17.3 Å². The minimum Gasteiger partial charge on any atom is -0.496 e. The summed E-state index contributed by atoms with van der Waals surface area (Å²) in [7, 11) is 1.63. The van der Waals surface area contributed by atoms with Gasteiger partial charge in [-0.05, 0) is 36.6 Å². The van der Waals surface area contributed by atoms with Crippen LogP contribution in [0.15, 0.2) is 48.7 Å². The number of ether oxygens (including phenoxy) is 1. The summed E-state index contributed by atoms with van der Waals surface area (Å²) in [4.78, 5) is 29.6. The Morgan fingerprint density at radius 2 is 1.79 bits per heavy atom. The lowest BCUT2D eigenvalue weighted by molar-refractivity contribution is 0.0942. The Morgan fingerprint density at radius 1 is 1.03 bits per heavy atom. The summed E-state index contributed by atoms with van der Waals surface area (Å²) in [6.45, 7) is 3.07. The molecule has 2 amide bonds. The third kappa shape index (κ3) is 4.74. The molecule has 0 radical (unpaired) electrons. The second kappa shape index (κ2) is 9.73. The highest BCUT2D eigenvalue weighted by molar-refractivity contribution is 6.02. The van der Waals surface area contributed by atoms with Crippen LogP contribution in [0.4, 0.5) is 0 Å². The molecule has 0 aliphatic carbocycles. The summed E-state index contributed by atoms with van der Waals surface area (Å²) in [6.07, 6.45) is 4.25. The van der Waals surface area contributed by atoms with Crippen molar-refractivity contribution in [1.29, 1.82) is 0 Å². The number of carbonyl (C=O) groups is 2. The van der Waals surface area contributed by atoms with E-state index in [1.807, 2.05) is 30.3 Å². The van der Waals surface area contributed by atoms with Crippen LogP contribution < -0.4 is 15.4 Å². The van der Waals surface area contributed by atoms with Gasteiger partial charge in [-0.1, -0.05) is 37.6 Å². The molecule has 3 aromatic rings. The number of rotatable bonds is 9. The zero-order chi connectivity index (χ0) is 20.6. The molecule has 2 heterocycles. The summed E-state index contributed by atoms with van der Waals surface area (Å²) in [5, 5.41) is 5.75. The van der Waals surface area contributed by atoms with E-state index in [9.17, 15) is 9.59 Å². The van der Waals surface area contributed by atoms with E-state index in [-0.39, 0.29) is 23.3 Å². The third-order valence-corrected chi connectivity index (χ3v) is 4.65. The lowest BCUT2D eigenvalue weighted by Gasteiger charge is -2.08. The molecule has 0 aliphatic rings. The molecule has 0 unspecified atom stereocenters. The Labute approximate surface area is 170 Å². The second-order valence-electron chi connectivity index (χ2n) is 6.67. The van der Waals surface area contributed by atoms with Gasteiger partial charge in [0.25, 0.3) is 11.8 Å². The molecule has 0 fully saturated rings. The smallest absolute Gasteiger partial charge is 0.287 e. The van der Waals surface area contributed by atoms with E-state index in [1.54, 1.807) is 29.8 Å². The highest BCUT2D eigenvalue weighted by Crippen LogP contribution is 2.17. The van der Waals surface area contributed by atoms with E-state index in [4.69, 9.17) is 4.74 Å². The summed E-state index contributed by atoms with van der Waals surface area (Å²) < 4.78 is 6.99. The normalized spacial score (nSPS) is 10.7. The van der Waals surface area contributed by atoms with Crippen molar-refractivity contribution in [2.75, 3.05) is 20.2 Å². The fourth-order valence-electron chi connectivity index (χ4n) is 3.13. The molecule has 0 saturated carbocycles. The van der Waals surface area contributed by atoms with Crippen LogP contribution in [0.1, 0.15) is 46.4 Å². The average molecular weight is 394 g/mol. The number of benzene rings is 1. The molecule has 0 saturated heterocycles. The van der Waals surface area contributed by atoms with E-state index < -0.39 is 0 Å². The maximum Gasteiger partial charge on any atom is 0.287 e. The van der Waals surface area contributed by atoms with Crippen LogP contribution in [0.3, 0.4) is 0 Å². The predicted molar refractivity (Wildman–Crippen MR) is 111 cm³/mol. The number of hydrogen-bond donors (Lipinski definition) is 2. The number of hydrogen-bond acceptors (Lipinski definition) is 4. The van der Waals surface area contributed by atoms with Gasteiger partial charge in [-0.3, -0.25) is 14.0 Å². The van der Waals surface area contributed by atoms with Gasteiger partial charge in [0.15, 0.2) is 5.69 Å². The number of nitrogens with one attached hydrogen (secondary N) is 2. The van der Waals surface area contributed by atoms with Gasteiger partial charge in [0.2, 0.25) is 5.82 Å². The quantitative estimate of drug-likeness (QED) is 0.547. The Balaban J connectivity index is 1.73. The number of para-hydroxylation sites is 1. The van der Waals surface area contributed by atoms with Crippen LogP contribution in [-0.2, 0) is 6.42 Å². The van der Waals surface area contributed by atoms with Crippen molar-refractivity contribution in [3.05, 3.63) is 65.7 Å². The second-order valence-corrected chi connectivity index (χ2v) is 6.67. The molecule has 7 heteroatoms. The van der Waals surface area contributed by atoms with Gasteiger partial charge in [-0.25, -0.2) is 4.98 Å². The number of aromatic nitrogens is 2. The first-order valence-electron chi connectivity index (χ1n) is 9.81. The number of unbranched alkanes of at least 4 members (excludes halogenated alkanes) is 1. The molecule has 0 atom stereocenters. The molecule has 152 valence electrons. The molecule has 29 heavy (non-hydrogen) atoms. The summed E-state index contributed by atoms with van der Waals surface area (Å²) >= 11 is 0. The van der Waals surface area contributed by atoms with Gasteiger partial charge in [0.1, 0.15) is 5.75 Å². The number of pyridine rings is 1. The molecule has 3 rings (SSSR count). The number of nitrogens with zero attached hydrogens (tertiary/aromatic N) is 2. The molecule has 2 aromatic heterocycles. The average Bonchev–Trinajstić information content (AvgIpc) is 3.14. The van der Waals surface area contributed by atoms with Crippen LogP contribution in [-0.4, -0.2) is 41.4 Å². The number of methoxy groups -OCH3 is 1. The number of fused-ring (bicyclic) bond motifs is 1. The zero-order valence-corrected chi connectivity index (χ0v) is 16.8. The van der Waals surface area contributed by atoms with Crippen molar-refractivity contribution in [3.8, 4) is 5.75 Å². The Kier molecular flexibility index (Phi) is 6.84. The lowest BCUT2D eigenvalue weighted by atomic mass is 10.1. The van der Waals surface area contributed by atoms with E-state index in [2.05, 4.69) is 22.5 Å². The molecule has 1 aromatic carbocycles. The Hall–Kier alpha value is -3.35. The summed E-state index contributed by atoms with van der Waals surface area (Å²) in [5.41, 5.74) is 1.86. The minimum atomic E-state index is -0.309. The van der Waals surface area contributed by atoms with Crippen LogP contribution in [0.5, 0.6) is 5.75 Å². The zero-order valence-electron chi connectivity index (χ0n) is 16.8. The van der Waals surface area contributed by atoms with Crippen LogP contribution in [0.25, 0.3) is 5.52 Å². The molecule has 0 bridgehead atoms. The summed E-state index contributed by atoms with van der Waals surface area (Å²) in [6, 6.07) is 13.1. The first kappa shape index (κ1) is 20.4. The predicted octanol–water partition coefficient (Wildman–Crippen LogP) is 2.85. The fourth-order valence-corrected chi connectivity index (χ4v) is 3.13. The third-order valence-electron chi connectivity index (χ3n) is 4.65. The number of imidazole rings is 1. The van der Waals surface area contributed by atoms with Gasteiger partial charge < -0.3 is 15.4 Å². The highest BCUT2D eigenvalue weighted by atomic mass is 16.5. The van der Waals surface area contributed by atoms with Crippen molar-refractivity contribution < 1.29 is 14.3 Å². The van der Waals surface area contributed by atoms with E-state index in [0.717, 1.165) is 24.2 Å². The topological polar surface area (TPSA) is 84.7 Å². The number of carbonyl (C=O) groups excluding carboxylic acids is 2. The van der Waals surface area contributed by atoms with E-state index in [1.165, 1.54) is 0 Å². The van der Waals surface area contributed by atoms with E-state index in [0.29, 0.717) is 25.0 Å². The first-order valence-corrected chi connectivity index (χ1v) is 9.81. The lowest BCUT2D eigenvalue weighted by Crippen LogP contribution is -2.27. The molecule has 0 aliphatic heterocycles. The van der Waals surface area contributed by atoms with Gasteiger partial charge in [-0.15, -0.1) is 0 Å². The van der Waals surface area contributed by atoms with Crippen LogP contribution in [0, 0.1) is 0 Å². The Morgan fingerprint density at radius 3 is 2.59 bits per heavy atom. The van der Waals surface area contributed by atoms with Gasteiger partial charge in [-0.2, -0.15) is 0 Å². The molecular weight excluding hydrogens is 368 g/mol. The monoisotopic (exact) mass is 394 g/mol. The summed E-state index contributed by atoms with van der Waals surface area (Å²) in [5.74, 6) is 0.413. The minimum absolute atomic E-state index is 0.214. The fraction of sp³-hybridized carbons (Fsp3) is 0.318. The molecular formula is C22H26N4O3. The Bertz CT molecular complexity index is 997. The maximum atomic E-state index is 12.7.